The molecule has 3 rings (SSSR count). The van der Waals surface area contributed by atoms with E-state index in [1.807, 2.05) is 48.5 Å². The van der Waals surface area contributed by atoms with Crippen LogP contribution in [0.15, 0.2) is 72.8 Å². The summed E-state index contributed by atoms with van der Waals surface area (Å²) in [6.45, 7) is 1.72. The number of benzene rings is 3. The summed E-state index contributed by atoms with van der Waals surface area (Å²) in [6, 6.07) is 22.6. The van der Waals surface area contributed by atoms with E-state index in [1.165, 1.54) is 11.6 Å². The molecule has 1 N–H and O–H groups in total. The van der Waals surface area contributed by atoms with Crippen LogP contribution < -0.4 is 14.8 Å². The van der Waals surface area contributed by atoms with E-state index >= 15 is 0 Å². The van der Waals surface area contributed by atoms with Crippen LogP contribution in [0.5, 0.6) is 11.5 Å². The number of rotatable bonds is 9. The van der Waals surface area contributed by atoms with Crippen LogP contribution in [0, 0.1) is 5.82 Å². The van der Waals surface area contributed by atoms with E-state index in [1.54, 1.807) is 19.2 Å². The highest BCUT2D eigenvalue weighted by Gasteiger charge is 2.06. The molecule has 0 amide bonds. The number of hydrogen-bond donors (Lipinski definition) is 1. The van der Waals surface area contributed by atoms with Crippen LogP contribution >= 0.6 is 0 Å². The fourth-order valence-corrected chi connectivity index (χ4v) is 2.92. The largest absolute Gasteiger partial charge is 0.496 e. The van der Waals surface area contributed by atoms with Crippen molar-refractivity contribution in [3.05, 3.63) is 95.3 Å². The predicted molar refractivity (Wildman–Crippen MR) is 106 cm³/mol. The first-order valence-corrected chi connectivity index (χ1v) is 9.04. The first kappa shape index (κ1) is 18.9. The second-order valence-corrected chi connectivity index (χ2v) is 6.23. The van der Waals surface area contributed by atoms with E-state index in [-0.39, 0.29) is 12.4 Å². The molecule has 0 aromatic heterocycles. The van der Waals surface area contributed by atoms with Gasteiger partial charge in [-0.15, -0.1) is 0 Å². The van der Waals surface area contributed by atoms with Crippen LogP contribution in [0.4, 0.5) is 4.39 Å². The molecule has 0 radical (unpaired) electrons. The molecule has 4 heteroatoms. The minimum atomic E-state index is -0.245. The lowest BCUT2D eigenvalue weighted by atomic mass is 10.1. The zero-order valence-electron chi connectivity index (χ0n) is 15.5. The molecule has 0 bridgehead atoms. The summed E-state index contributed by atoms with van der Waals surface area (Å²) in [5.74, 6) is 1.43. The van der Waals surface area contributed by atoms with Gasteiger partial charge < -0.3 is 14.8 Å². The summed E-state index contributed by atoms with van der Waals surface area (Å²) in [7, 11) is 1.69. The minimum Gasteiger partial charge on any atom is -0.496 e. The van der Waals surface area contributed by atoms with E-state index in [4.69, 9.17) is 9.47 Å². The molecule has 140 valence electrons. The molecule has 0 unspecified atom stereocenters. The van der Waals surface area contributed by atoms with Gasteiger partial charge in [-0.3, -0.25) is 0 Å². The van der Waals surface area contributed by atoms with Gasteiger partial charge in [-0.25, -0.2) is 4.39 Å². The van der Waals surface area contributed by atoms with Gasteiger partial charge in [0.25, 0.3) is 0 Å². The van der Waals surface area contributed by atoms with Gasteiger partial charge in [0.05, 0.1) is 7.11 Å². The Morgan fingerprint density at radius 2 is 1.41 bits per heavy atom. The summed E-state index contributed by atoms with van der Waals surface area (Å²) in [5.41, 5.74) is 2.78. The number of hydrogen-bond acceptors (Lipinski definition) is 3. The molecule has 0 saturated heterocycles. The first-order chi connectivity index (χ1) is 13.3. The van der Waals surface area contributed by atoms with Gasteiger partial charge in [0.2, 0.25) is 0 Å². The Bertz CT molecular complexity index is 866. The van der Waals surface area contributed by atoms with E-state index in [0.717, 1.165) is 30.0 Å². The van der Waals surface area contributed by atoms with Crippen molar-refractivity contribution in [2.45, 2.75) is 19.6 Å². The first-order valence-electron chi connectivity index (χ1n) is 9.04. The van der Waals surface area contributed by atoms with Crippen molar-refractivity contribution in [2.75, 3.05) is 13.7 Å². The van der Waals surface area contributed by atoms with Crippen molar-refractivity contribution < 1.29 is 13.9 Å². The van der Waals surface area contributed by atoms with Crippen LogP contribution in [-0.2, 0) is 19.6 Å². The quantitative estimate of drug-likeness (QED) is 0.555. The standard InChI is InChI=1S/C23H24FNO2/c1-26-22-12-6-3-8-18(22)14-15-25-16-19-9-4-7-13-23(19)27-17-20-10-2-5-11-21(20)24/h2-13,25H,14-17H2,1H3. The average Bonchev–Trinajstić information content (AvgIpc) is 2.71. The maximum atomic E-state index is 13.8. The highest BCUT2D eigenvalue weighted by atomic mass is 19.1. The van der Waals surface area contributed by atoms with Gasteiger partial charge >= 0.3 is 0 Å². The Labute approximate surface area is 159 Å². The second kappa shape index (κ2) is 9.74. The molecule has 0 spiro atoms. The normalized spacial score (nSPS) is 10.6. The number of methoxy groups -OCH3 is 1. The average molecular weight is 365 g/mol. The van der Waals surface area contributed by atoms with Gasteiger partial charge in [-0.1, -0.05) is 54.6 Å². The third-order valence-electron chi connectivity index (χ3n) is 4.39. The van der Waals surface area contributed by atoms with Crippen molar-refractivity contribution in [3.8, 4) is 11.5 Å². The number of nitrogens with one attached hydrogen (secondary N) is 1. The summed E-state index contributed by atoms with van der Waals surface area (Å²) < 4.78 is 25.0. The van der Waals surface area contributed by atoms with E-state index in [2.05, 4.69) is 11.4 Å². The van der Waals surface area contributed by atoms with Crippen LogP contribution in [0.3, 0.4) is 0 Å². The van der Waals surface area contributed by atoms with Crippen LogP contribution in [-0.4, -0.2) is 13.7 Å². The molecule has 27 heavy (non-hydrogen) atoms. The van der Waals surface area contributed by atoms with Crippen molar-refractivity contribution in [1.29, 1.82) is 0 Å². The molecule has 0 saturated carbocycles. The smallest absolute Gasteiger partial charge is 0.129 e. The topological polar surface area (TPSA) is 30.5 Å². The summed E-state index contributed by atoms with van der Waals surface area (Å²) in [4.78, 5) is 0. The summed E-state index contributed by atoms with van der Waals surface area (Å²) in [5, 5.41) is 3.44. The molecule has 3 nitrogen and oxygen atoms in total. The van der Waals surface area contributed by atoms with Crippen LogP contribution in [0.25, 0.3) is 0 Å². The lowest BCUT2D eigenvalue weighted by Crippen LogP contribution is -2.17. The van der Waals surface area contributed by atoms with E-state index < -0.39 is 0 Å². The van der Waals surface area contributed by atoms with Crippen molar-refractivity contribution >= 4 is 0 Å². The molecule has 0 atom stereocenters. The van der Waals surface area contributed by atoms with E-state index in [9.17, 15) is 4.39 Å². The van der Waals surface area contributed by atoms with Gasteiger partial charge in [-0.2, -0.15) is 0 Å². The van der Waals surface area contributed by atoms with Crippen molar-refractivity contribution in [1.82, 2.24) is 5.32 Å². The number of halogens is 1. The summed E-state index contributed by atoms with van der Waals surface area (Å²) in [6.07, 6.45) is 0.877. The predicted octanol–water partition coefficient (Wildman–Crippen LogP) is 4.75. The number of para-hydroxylation sites is 2. The lowest BCUT2D eigenvalue weighted by molar-refractivity contribution is 0.296. The van der Waals surface area contributed by atoms with Crippen molar-refractivity contribution in [3.63, 3.8) is 0 Å². The molecule has 0 fully saturated rings. The molecule has 3 aromatic rings. The Morgan fingerprint density at radius 1 is 0.778 bits per heavy atom. The zero-order chi connectivity index (χ0) is 18.9. The molecule has 0 aliphatic carbocycles. The minimum absolute atomic E-state index is 0.213. The molecular weight excluding hydrogens is 341 g/mol. The second-order valence-electron chi connectivity index (χ2n) is 6.23. The Morgan fingerprint density at radius 3 is 2.15 bits per heavy atom. The molecule has 0 aliphatic rings. The van der Waals surface area contributed by atoms with Gasteiger partial charge in [-0.05, 0) is 36.7 Å². The Kier molecular flexibility index (Phi) is 6.83. The SMILES string of the molecule is COc1ccccc1CCNCc1ccccc1OCc1ccccc1F. The van der Waals surface area contributed by atoms with Crippen molar-refractivity contribution in [2.24, 2.45) is 0 Å². The highest BCUT2D eigenvalue weighted by molar-refractivity contribution is 5.34. The fourth-order valence-electron chi connectivity index (χ4n) is 2.92. The maximum absolute atomic E-state index is 13.8. The Hall–Kier alpha value is -2.85. The fraction of sp³-hybridized carbons (Fsp3) is 0.217. The Balaban J connectivity index is 1.54. The van der Waals surface area contributed by atoms with Crippen LogP contribution in [0.1, 0.15) is 16.7 Å². The van der Waals surface area contributed by atoms with Gasteiger partial charge in [0.1, 0.15) is 23.9 Å². The molecule has 0 aliphatic heterocycles. The molecule has 3 aromatic carbocycles. The van der Waals surface area contributed by atoms with Crippen LogP contribution in [0.2, 0.25) is 0 Å². The zero-order valence-corrected chi connectivity index (χ0v) is 15.5. The maximum Gasteiger partial charge on any atom is 0.129 e. The molecular formula is C23H24FNO2. The third kappa shape index (κ3) is 5.31. The molecule has 0 heterocycles. The monoisotopic (exact) mass is 365 g/mol. The number of ether oxygens (including phenoxy) is 2. The van der Waals surface area contributed by atoms with E-state index in [0.29, 0.717) is 12.1 Å². The van der Waals surface area contributed by atoms with Gasteiger partial charge in [0.15, 0.2) is 0 Å². The summed E-state index contributed by atoms with van der Waals surface area (Å²) >= 11 is 0. The lowest BCUT2D eigenvalue weighted by Gasteiger charge is -2.13. The third-order valence-corrected chi connectivity index (χ3v) is 4.39. The highest BCUT2D eigenvalue weighted by Crippen LogP contribution is 2.20. The van der Waals surface area contributed by atoms with Gasteiger partial charge in [0, 0.05) is 17.7 Å².